The smallest absolute Gasteiger partial charge is 0.260 e. The van der Waals surface area contributed by atoms with Crippen LogP contribution in [-0.2, 0) is 16.4 Å². The molecular formula is C10H19N5O2S. The quantitative estimate of drug-likeness (QED) is 0.510. The second-order valence-corrected chi connectivity index (χ2v) is 6.08. The third-order valence-electron chi connectivity index (χ3n) is 2.43. The first kappa shape index (κ1) is 14.7. The second kappa shape index (κ2) is 5.49. The summed E-state index contributed by atoms with van der Waals surface area (Å²) < 4.78 is 25.9. The van der Waals surface area contributed by atoms with Gasteiger partial charge in [-0.3, -0.25) is 5.41 Å². The number of H-pyrrole nitrogens is 1. The van der Waals surface area contributed by atoms with Crippen LogP contribution in [0.5, 0.6) is 0 Å². The summed E-state index contributed by atoms with van der Waals surface area (Å²) in [5, 5.41) is 7.28. The molecule has 1 aromatic rings. The van der Waals surface area contributed by atoms with Crippen molar-refractivity contribution in [2.24, 2.45) is 5.73 Å². The van der Waals surface area contributed by atoms with Crippen LogP contribution in [0, 0.1) is 5.41 Å². The lowest BCUT2D eigenvalue weighted by Gasteiger charge is -2.24. The van der Waals surface area contributed by atoms with Gasteiger partial charge in [0.15, 0.2) is 5.03 Å². The number of imidazole rings is 1. The van der Waals surface area contributed by atoms with E-state index in [1.165, 1.54) is 10.5 Å². The summed E-state index contributed by atoms with van der Waals surface area (Å²) in [7, 11) is -3.69. The number of amidine groups is 1. The molecule has 0 unspecified atom stereocenters. The molecule has 0 amide bonds. The largest absolute Gasteiger partial charge is 0.387 e. The topological polar surface area (TPSA) is 116 Å². The molecule has 102 valence electrons. The van der Waals surface area contributed by atoms with Gasteiger partial charge in [0.25, 0.3) is 10.0 Å². The van der Waals surface area contributed by atoms with E-state index in [4.69, 9.17) is 11.1 Å². The van der Waals surface area contributed by atoms with E-state index in [-0.39, 0.29) is 23.4 Å². The maximum absolute atomic E-state index is 12.3. The molecule has 0 saturated carbocycles. The normalized spacial score (nSPS) is 12.3. The van der Waals surface area contributed by atoms with Crippen LogP contribution in [-0.4, -0.2) is 41.1 Å². The number of nitrogens with zero attached hydrogens (tertiary/aromatic N) is 2. The Labute approximate surface area is 107 Å². The van der Waals surface area contributed by atoms with E-state index in [1.807, 2.05) is 6.92 Å². The predicted octanol–water partition coefficient (Wildman–Crippen LogP) is 0.307. The minimum absolute atomic E-state index is 0.0364. The molecule has 0 atom stereocenters. The van der Waals surface area contributed by atoms with Gasteiger partial charge in [-0.1, -0.05) is 6.92 Å². The summed E-state index contributed by atoms with van der Waals surface area (Å²) >= 11 is 0. The molecular weight excluding hydrogens is 254 g/mol. The van der Waals surface area contributed by atoms with Crippen molar-refractivity contribution in [3.8, 4) is 0 Å². The van der Waals surface area contributed by atoms with Crippen LogP contribution >= 0.6 is 0 Å². The van der Waals surface area contributed by atoms with Crippen molar-refractivity contribution in [2.45, 2.75) is 38.3 Å². The fourth-order valence-electron chi connectivity index (χ4n) is 1.49. The molecule has 0 radical (unpaired) electrons. The van der Waals surface area contributed by atoms with Crippen LogP contribution in [0.15, 0.2) is 11.2 Å². The minimum Gasteiger partial charge on any atom is -0.387 e. The summed E-state index contributed by atoms with van der Waals surface area (Å²) in [4.78, 5) is 6.74. The fourth-order valence-corrected chi connectivity index (χ4v) is 3.04. The SMILES string of the molecule is CCc1ncc(S(=O)(=O)N(CC(=N)N)C(C)C)[nH]1. The Hall–Kier alpha value is -1.41. The van der Waals surface area contributed by atoms with Crippen molar-refractivity contribution in [3.05, 3.63) is 12.0 Å². The van der Waals surface area contributed by atoms with E-state index < -0.39 is 10.0 Å². The Morgan fingerprint density at radius 1 is 1.61 bits per heavy atom. The Morgan fingerprint density at radius 3 is 2.61 bits per heavy atom. The van der Waals surface area contributed by atoms with Crippen LogP contribution in [0.1, 0.15) is 26.6 Å². The highest BCUT2D eigenvalue weighted by Gasteiger charge is 2.29. The number of hydrogen-bond donors (Lipinski definition) is 3. The zero-order valence-electron chi connectivity index (χ0n) is 10.8. The first-order valence-electron chi connectivity index (χ1n) is 5.67. The second-order valence-electron chi connectivity index (χ2n) is 4.22. The third kappa shape index (κ3) is 3.08. The van der Waals surface area contributed by atoms with Crippen molar-refractivity contribution in [1.29, 1.82) is 5.41 Å². The van der Waals surface area contributed by atoms with Crippen LogP contribution in [0.4, 0.5) is 0 Å². The Kier molecular flexibility index (Phi) is 4.47. The van der Waals surface area contributed by atoms with Gasteiger partial charge in [0, 0.05) is 12.5 Å². The van der Waals surface area contributed by atoms with E-state index in [2.05, 4.69) is 9.97 Å². The zero-order valence-corrected chi connectivity index (χ0v) is 11.6. The number of sulfonamides is 1. The van der Waals surface area contributed by atoms with Gasteiger partial charge < -0.3 is 10.7 Å². The summed E-state index contributed by atoms with van der Waals surface area (Å²) in [6.45, 7) is 5.22. The summed E-state index contributed by atoms with van der Waals surface area (Å²) in [6, 6.07) is -0.285. The monoisotopic (exact) mass is 273 g/mol. The van der Waals surface area contributed by atoms with Crippen molar-refractivity contribution in [2.75, 3.05) is 6.54 Å². The van der Waals surface area contributed by atoms with Gasteiger partial charge >= 0.3 is 0 Å². The zero-order chi connectivity index (χ0) is 13.9. The van der Waals surface area contributed by atoms with Gasteiger partial charge in [0.2, 0.25) is 0 Å². The lowest BCUT2D eigenvalue weighted by molar-refractivity contribution is 0.387. The molecule has 4 N–H and O–H groups in total. The predicted molar refractivity (Wildman–Crippen MR) is 68.9 cm³/mol. The minimum atomic E-state index is -3.69. The van der Waals surface area contributed by atoms with E-state index in [0.717, 1.165) is 0 Å². The Bertz CT molecular complexity index is 520. The van der Waals surface area contributed by atoms with Crippen LogP contribution in [0.2, 0.25) is 0 Å². The number of rotatable bonds is 6. The van der Waals surface area contributed by atoms with Gasteiger partial charge in [0.05, 0.1) is 12.7 Å². The highest BCUT2D eigenvalue weighted by Crippen LogP contribution is 2.16. The van der Waals surface area contributed by atoms with Gasteiger partial charge in [0.1, 0.15) is 11.7 Å². The highest BCUT2D eigenvalue weighted by atomic mass is 32.2. The van der Waals surface area contributed by atoms with Gasteiger partial charge in [-0.2, -0.15) is 4.31 Å². The molecule has 0 aliphatic heterocycles. The van der Waals surface area contributed by atoms with Crippen LogP contribution < -0.4 is 5.73 Å². The van der Waals surface area contributed by atoms with Crippen molar-refractivity contribution in [3.63, 3.8) is 0 Å². The van der Waals surface area contributed by atoms with Gasteiger partial charge in [-0.25, -0.2) is 13.4 Å². The third-order valence-corrected chi connectivity index (χ3v) is 4.36. The highest BCUT2D eigenvalue weighted by molar-refractivity contribution is 7.89. The number of nitrogens with two attached hydrogens (primary N) is 1. The Balaban J connectivity index is 3.12. The molecule has 0 spiro atoms. The number of hydrogen-bond acceptors (Lipinski definition) is 4. The fraction of sp³-hybridized carbons (Fsp3) is 0.600. The summed E-state index contributed by atoms with van der Waals surface area (Å²) in [5.41, 5.74) is 5.29. The van der Waals surface area contributed by atoms with Crippen LogP contribution in [0.3, 0.4) is 0 Å². The summed E-state index contributed by atoms with van der Waals surface area (Å²) in [6.07, 6.45) is 1.92. The number of aryl methyl sites for hydroxylation is 1. The maximum Gasteiger partial charge on any atom is 0.260 e. The molecule has 0 aromatic carbocycles. The molecule has 7 nitrogen and oxygen atoms in total. The lowest BCUT2D eigenvalue weighted by Crippen LogP contribution is -2.42. The van der Waals surface area contributed by atoms with E-state index in [9.17, 15) is 8.42 Å². The first-order valence-corrected chi connectivity index (χ1v) is 7.11. The van der Waals surface area contributed by atoms with E-state index in [0.29, 0.717) is 12.2 Å². The maximum atomic E-state index is 12.3. The molecule has 1 aromatic heterocycles. The van der Waals surface area contributed by atoms with Gasteiger partial charge in [-0.15, -0.1) is 0 Å². The number of aromatic amines is 1. The van der Waals surface area contributed by atoms with Gasteiger partial charge in [-0.05, 0) is 13.8 Å². The molecule has 1 heterocycles. The molecule has 8 heteroatoms. The van der Waals surface area contributed by atoms with E-state index >= 15 is 0 Å². The molecule has 1 rings (SSSR count). The van der Waals surface area contributed by atoms with Crippen molar-refractivity contribution in [1.82, 2.24) is 14.3 Å². The molecule has 0 aliphatic rings. The lowest BCUT2D eigenvalue weighted by atomic mass is 10.4. The number of aromatic nitrogens is 2. The molecule has 0 aliphatic carbocycles. The number of nitrogens with one attached hydrogen (secondary N) is 2. The van der Waals surface area contributed by atoms with Crippen molar-refractivity contribution >= 4 is 15.9 Å². The van der Waals surface area contributed by atoms with Crippen molar-refractivity contribution < 1.29 is 8.42 Å². The molecule has 0 bridgehead atoms. The average molecular weight is 273 g/mol. The molecule has 18 heavy (non-hydrogen) atoms. The first-order chi connectivity index (χ1) is 8.28. The Morgan fingerprint density at radius 2 is 2.22 bits per heavy atom. The average Bonchev–Trinajstić information content (AvgIpc) is 2.74. The molecule has 0 saturated heterocycles. The standard InChI is InChI=1S/C10H19N5O2S/c1-4-9-13-5-10(14-9)18(16,17)15(7(2)3)6-8(11)12/h5,7H,4,6H2,1-3H3,(H3,11,12)(H,13,14). The molecule has 0 fully saturated rings. The van der Waals surface area contributed by atoms with E-state index in [1.54, 1.807) is 13.8 Å². The summed E-state index contributed by atoms with van der Waals surface area (Å²) in [5.74, 6) is 0.419. The van der Waals surface area contributed by atoms with Crippen LogP contribution in [0.25, 0.3) is 0 Å².